The van der Waals surface area contributed by atoms with E-state index in [-0.39, 0.29) is 24.3 Å². The first kappa shape index (κ1) is 18.4. The summed E-state index contributed by atoms with van der Waals surface area (Å²) < 4.78 is 5.05. The van der Waals surface area contributed by atoms with Gasteiger partial charge in [0.15, 0.2) is 0 Å². The van der Waals surface area contributed by atoms with Crippen molar-refractivity contribution in [3.05, 3.63) is 28.3 Å². The molecule has 0 saturated carbocycles. The van der Waals surface area contributed by atoms with Crippen LogP contribution in [0.15, 0.2) is 18.2 Å². The molecular formula is C14H19N3O6. The van der Waals surface area contributed by atoms with E-state index in [1.165, 1.54) is 37.1 Å². The number of nitrogens with one attached hydrogen (secondary N) is 1. The molecule has 1 aromatic carbocycles. The van der Waals surface area contributed by atoms with Gasteiger partial charge in [0.2, 0.25) is 5.91 Å². The highest BCUT2D eigenvalue weighted by Crippen LogP contribution is 2.28. The van der Waals surface area contributed by atoms with Crippen molar-refractivity contribution < 1.29 is 24.4 Å². The molecule has 0 bridgehead atoms. The number of nitro benzene ring substituents is 1. The SMILES string of the molecule is COc1ccc([N+](=O)[O-])cc1NC(=O)CCN(C)C(C)C(=O)O. The van der Waals surface area contributed by atoms with E-state index in [9.17, 15) is 19.7 Å². The Kier molecular flexibility index (Phi) is 6.46. The molecule has 0 aromatic heterocycles. The molecule has 0 spiro atoms. The minimum atomic E-state index is -0.978. The fraction of sp³-hybridized carbons (Fsp3) is 0.429. The molecule has 0 aliphatic carbocycles. The van der Waals surface area contributed by atoms with Crippen LogP contribution in [0.1, 0.15) is 13.3 Å². The summed E-state index contributed by atoms with van der Waals surface area (Å²) in [5.41, 5.74) is 0.0263. The molecule has 1 atom stereocenters. The number of carbonyl (C=O) groups excluding carboxylic acids is 1. The molecule has 1 amide bonds. The van der Waals surface area contributed by atoms with Gasteiger partial charge < -0.3 is 15.2 Å². The van der Waals surface area contributed by atoms with E-state index < -0.39 is 22.8 Å². The second-order valence-electron chi connectivity index (χ2n) is 4.93. The lowest BCUT2D eigenvalue weighted by molar-refractivity contribution is -0.384. The number of carbonyl (C=O) groups is 2. The van der Waals surface area contributed by atoms with Crippen molar-refractivity contribution in [2.45, 2.75) is 19.4 Å². The number of carboxylic acid groups (broad SMARTS) is 1. The van der Waals surface area contributed by atoms with Crippen molar-refractivity contribution in [2.24, 2.45) is 0 Å². The lowest BCUT2D eigenvalue weighted by Gasteiger charge is -2.20. The van der Waals surface area contributed by atoms with Crippen molar-refractivity contribution in [3.8, 4) is 5.75 Å². The summed E-state index contributed by atoms with van der Waals surface area (Å²) in [5, 5.41) is 22.2. The Bertz CT molecular complexity index is 604. The standard InChI is InChI=1S/C14H19N3O6/c1-9(14(19)20)16(2)7-6-13(18)15-11-8-10(17(21)22)4-5-12(11)23-3/h4-5,8-9H,6-7H2,1-3H3,(H,15,18)(H,19,20). The molecule has 0 radical (unpaired) electrons. The highest BCUT2D eigenvalue weighted by molar-refractivity contribution is 5.92. The fourth-order valence-electron chi connectivity index (χ4n) is 1.78. The largest absolute Gasteiger partial charge is 0.495 e. The molecule has 23 heavy (non-hydrogen) atoms. The Hall–Kier alpha value is -2.68. The lowest BCUT2D eigenvalue weighted by atomic mass is 10.2. The smallest absolute Gasteiger partial charge is 0.320 e. The Morgan fingerprint density at radius 3 is 2.65 bits per heavy atom. The van der Waals surface area contributed by atoms with E-state index in [0.717, 1.165) is 0 Å². The summed E-state index contributed by atoms with van der Waals surface area (Å²) in [4.78, 5) is 34.5. The molecule has 1 rings (SSSR count). The normalized spacial score (nSPS) is 11.8. The molecule has 0 aliphatic heterocycles. The average Bonchev–Trinajstić information content (AvgIpc) is 2.51. The highest BCUT2D eigenvalue weighted by Gasteiger charge is 2.18. The quantitative estimate of drug-likeness (QED) is 0.546. The number of nitro groups is 1. The zero-order valence-electron chi connectivity index (χ0n) is 13.1. The minimum absolute atomic E-state index is 0.0416. The van der Waals surface area contributed by atoms with Gasteiger partial charge in [-0.15, -0.1) is 0 Å². The number of benzene rings is 1. The van der Waals surface area contributed by atoms with E-state index in [2.05, 4.69) is 5.32 Å². The number of aliphatic carboxylic acids is 1. The molecular weight excluding hydrogens is 306 g/mol. The molecule has 9 heteroatoms. The molecule has 2 N–H and O–H groups in total. The van der Waals surface area contributed by atoms with Gasteiger partial charge in [0, 0.05) is 25.1 Å². The van der Waals surface area contributed by atoms with E-state index >= 15 is 0 Å². The van der Waals surface area contributed by atoms with Crippen LogP contribution in [-0.2, 0) is 9.59 Å². The third kappa shape index (κ3) is 5.22. The van der Waals surface area contributed by atoms with Crippen LogP contribution in [0, 0.1) is 10.1 Å². The van der Waals surface area contributed by atoms with Crippen LogP contribution in [0.3, 0.4) is 0 Å². The monoisotopic (exact) mass is 325 g/mol. The zero-order chi connectivity index (χ0) is 17.6. The van der Waals surface area contributed by atoms with Crippen LogP contribution < -0.4 is 10.1 Å². The first-order valence-corrected chi connectivity index (χ1v) is 6.81. The Labute approximate surface area is 133 Å². The Balaban J connectivity index is 2.71. The molecule has 0 heterocycles. The van der Waals surface area contributed by atoms with E-state index in [1.807, 2.05) is 0 Å². The van der Waals surface area contributed by atoms with Gasteiger partial charge in [-0.1, -0.05) is 0 Å². The number of amides is 1. The topological polar surface area (TPSA) is 122 Å². The van der Waals surface area contributed by atoms with Crippen LogP contribution in [0.2, 0.25) is 0 Å². The summed E-state index contributed by atoms with van der Waals surface area (Å²) in [6, 6.07) is 3.17. The van der Waals surface area contributed by atoms with Gasteiger partial charge in [0.25, 0.3) is 5.69 Å². The Morgan fingerprint density at radius 2 is 2.13 bits per heavy atom. The van der Waals surface area contributed by atoms with E-state index in [4.69, 9.17) is 9.84 Å². The molecule has 1 aromatic rings. The maximum absolute atomic E-state index is 11.9. The van der Waals surface area contributed by atoms with Gasteiger partial charge >= 0.3 is 5.97 Å². The maximum atomic E-state index is 11.9. The number of carboxylic acids is 1. The third-order valence-corrected chi connectivity index (χ3v) is 3.38. The summed E-state index contributed by atoms with van der Waals surface area (Å²) >= 11 is 0. The molecule has 0 fully saturated rings. The Morgan fingerprint density at radius 1 is 1.48 bits per heavy atom. The number of anilines is 1. The zero-order valence-corrected chi connectivity index (χ0v) is 13.1. The van der Waals surface area contributed by atoms with Gasteiger partial charge in [-0.05, 0) is 20.0 Å². The number of ether oxygens (including phenoxy) is 1. The van der Waals surface area contributed by atoms with Gasteiger partial charge in [0.1, 0.15) is 11.8 Å². The summed E-state index contributed by atoms with van der Waals surface area (Å²) in [5.74, 6) is -1.07. The van der Waals surface area contributed by atoms with E-state index in [1.54, 1.807) is 7.05 Å². The van der Waals surface area contributed by atoms with Crippen LogP contribution in [0.5, 0.6) is 5.75 Å². The van der Waals surface area contributed by atoms with Crippen LogP contribution in [-0.4, -0.2) is 53.6 Å². The third-order valence-electron chi connectivity index (χ3n) is 3.38. The average molecular weight is 325 g/mol. The molecule has 9 nitrogen and oxygen atoms in total. The number of hydrogen-bond acceptors (Lipinski definition) is 6. The van der Waals surface area contributed by atoms with Crippen LogP contribution in [0.25, 0.3) is 0 Å². The number of methoxy groups -OCH3 is 1. The lowest BCUT2D eigenvalue weighted by Crippen LogP contribution is -2.37. The second kappa shape index (κ2) is 8.08. The van der Waals surface area contributed by atoms with Gasteiger partial charge in [-0.25, -0.2) is 0 Å². The predicted octanol–water partition coefficient (Wildman–Crippen LogP) is 1.34. The van der Waals surface area contributed by atoms with Crippen molar-refractivity contribution in [2.75, 3.05) is 26.0 Å². The van der Waals surface area contributed by atoms with Crippen LogP contribution in [0.4, 0.5) is 11.4 Å². The number of hydrogen-bond donors (Lipinski definition) is 2. The van der Waals surface area contributed by atoms with Crippen molar-refractivity contribution in [1.29, 1.82) is 0 Å². The highest BCUT2D eigenvalue weighted by atomic mass is 16.6. The number of non-ortho nitro benzene ring substituents is 1. The van der Waals surface area contributed by atoms with E-state index in [0.29, 0.717) is 5.75 Å². The van der Waals surface area contributed by atoms with Gasteiger partial charge in [-0.3, -0.25) is 24.6 Å². The molecule has 0 saturated heterocycles. The predicted molar refractivity (Wildman–Crippen MR) is 82.6 cm³/mol. The van der Waals surface area contributed by atoms with Crippen LogP contribution >= 0.6 is 0 Å². The first-order valence-electron chi connectivity index (χ1n) is 6.81. The molecule has 1 unspecified atom stereocenters. The first-order chi connectivity index (χ1) is 10.8. The second-order valence-corrected chi connectivity index (χ2v) is 4.93. The number of likely N-dealkylation sites (N-methyl/N-ethyl adjacent to an activating group) is 1. The summed E-state index contributed by atoms with van der Waals surface area (Å²) in [7, 11) is 2.99. The molecule has 0 aliphatic rings. The molecule has 126 valence electrons. The minimum Gasteiger partial charge on any atom is -0.495 e. The van der Waals surface area contributed by atoms with Crippen molar-refractivity contribution in [1.82, 2.24) is 4.90 Å². The summed E-state index contributed by atoms with van der Waals surface area (Å²) in [6.07, 6.45) is 0.0416. The van der Waals surface area contributed by atoms with Crippen molar-refractivity contribution in [3.63, 3.8) is 0 Å². The van der Waals surface area contributed by atoms with Crippen molar-refractivity contribution >= 4 is 23.3 Å². The van der Waals surface area contributed by atoms with Gasteiger partial charge in [-0.2, -0.15) is 0 Å². The van der Waals surface area contributed by atoms with Gasteiger partial charge in [0.05, 0.1) is 17.7 Å². The fourth-order valence-corrected chi connectivity index (χ4v) is 1.78. The maximum Gasteiger partial charge on any atom is 0.320 e. The number of rotatable bonds is 8. The number of nitrogens with zero attached hydrogens (tertiary/aromatic N) is 2. The summed E-state index contributed by atoms with van der Waals surface area (Å²) in [6.45, 7) is 1.75.